The van der Waals surface area contributed by atoms with E-state index in [1.54, 1.807) is 5.57 Å². The number of fused-ring (bicyclic) bond motifs is 5. The number of carbonyl (C=O) groups is 1. The summed E-state index contributed by atoms with van der Waals surface area (Å²) in [6.45, 7) is 14.9. The molecule has 2 heteroatoms. The van der Waals surface area contributed by atoms with Crippen LogP contribution in [0.1, 0.15) is 202 Å². The molecule has 4 aliphatic rings. The summed E-state index contributed by atoms with van der Waals surface area (Å²) >= 11 is 0. The molecule has 0 aromatic rings. The zero-order valence-electron chi connectivity index (χ0n) is 32.3. The molecule has 0 aromatic heterocycles. The second kappa shape index (κ2) is 19.4. The van der Waals surface area contributed by atoms with Crippen LogP contribution in [0.3, 0.4) is 0 Å². The minimum Gasteiger partial charge on any atom is -0.462 e. The van der Waals surface area contributed by atoms with Gasteiger partial charge in [-0.1, -0.05) is 136 Å². The van der Waals surface area contributed by atoms with Crippen LogP contribution >= 0.6 is 0 Å². The van der Waals surface area contributed by atoms with Gasteiger partial charge in [-0.15, -0.1) is 0 Å². The second-order valence-corrected chi connectivity index (χ2v) is 18.0. The summed E-state index contributed by atoms with van der Waals surface area (Å²) in [7, 11) is 0. The first-order valence-corrected chi connectivity index (χ1v) is 21.2. The molecule has 0 radical (unpaired) electrons. The third-order valence-corrected chi connectivity index (χ3v) is 14.2. The maximum atomic E-state index is 12.8. The van der Waals surface area contributed by atoms with E-state index in [9.17, 15) is 4.79 Å². The number of esters is 1. The highest BCUT2D eigenvalue weighted by Gasteiger charge is 2.59. The number of hydrogen-bond donors (Lipinski definition) is 0. The fourth-order valence-electron chi connectivity index (χ4n) is 11.3. The molecular formula is C45H78O2. The molecule has 3 fully saturated rings. The summed E-state index contributed by atoms with van der Waals surface area (Å²) in [6.07, 6.45) is 39.5. The Morgan fingerprint density at radius 1 is 0.809 bits per heavy atom. The van der Waals surface area contributed by atoms with Gasteiger partial charge < -0.3 is 4.74 Å². The Balaban J connectivity index is 1.12. The van der Waals surface area contributed by atoms with Crippen LogP contribution in [0.25, 0.3) is 0 Å². The molecule has 8 atom stereocenters. The Morgan fingerprint density at radius 3 is 2.19 bits per heavy atom. The Kier molecular flexibility index (Phi) is 16.0. The van der Waals surface area contributed by atoms with Gasteiger partial charge in [-0.3, -0.25) is 4.79 Å². The van der Waals surface area contributed by atoms with E-state index in [-0.39, 0.29) is 12.1 Å². The lowest BCUT2D eigenvalue weighted by Crippen LogP contribution is -2.51. The molecule has 0 saturated heterocycles. The number of carbonyl (C=O) groups excluding carboxylic acids is 1. The minimum atomic E-state index is 0.0541. The van der Waals surface area contributed by atoms with Crippen molar-refractivity contribution in [1.82, 2.24) is 0 Å². The summed E-state index contributed by atoms with van der Waals surface area (Å²) in [5, 5.41) is 0. The van der Waals surface area contributed by atoms with E-state index >= 15 is 0 Å². The molecule has 47 heavy (non-hydrogen) atoms. The Hall–Kier alpha value is -1.05. The molecule has 0 N–H and O–H groups in total. The highest BCUT2D eigenvalue weighted by atomic mass is 16.5. The van der Waals surface area contributed by atoms with Crippen LogP contribution in [-0.2, 0) is 9.53 Å². The van der Waals surface area contributed by atoms with Crippen molar-refractivity contribution in [2.75, 3.05) is 0 Å². The average molecular weight is 651 g/mol. The fourth-order valence-corrected chi connectivity index (χ4v) is 11.3. The Labute approximate surface area is 293 Å². The highest BCUT2D eigenvalue weighted by molar-refractivity contribution is 5.69. The first-order chi connectivity index (χ1) is 22.7. The van der Waals surface area contributed by atoms with Crippen LogP contribution in [0.15, 0.2) is 23.8 Å². The van der Waals surface area contributed by atoms with Gasteiger partial charge in [0.1, 0.15) is 6.10 Å². The molecule has 0 heterocycles. The van der Waals surface area contributed by atoms with Crippen molar-refractivity contribution in [2.24, 2.45) is 46.3 Å². The number of unbranched alkanes of at least 4 members (excludes halogenated alkanes) is 11. The molecule has 0 aromatic carbocycles. The van der Waals surface area contributed by atoms with Crippen LogP contribution in [-0.4, -0.2) is 12.1 Å². The molecule has 4 rings (SSSR count). The SMILES string of the molecule is CCCCCCCC/C=C/CCCCCCCC(=O)OC1CC[C@@]2(C)C(=CC[C@H]3[C@@H]4CC[C@H]([C@H](C)CCCC(C)C)[C@@]4(C)CC[C@@H]32)C1. The molecule has 0 bridgehead atoms. The normalized spacial score (nSPS) is 32.6. The Bertz CT molecular complexity index is 976. The van der Waals surface area contributed by atoms with Crippen molar-refractivity contribution < 1.29 is 9.53 Å². The number of allylic oxidation sites excluding steroid dienone is 3. The number of ether oxygens (including phenoxy) is 1. The van der Waals surface area contributed by atoms with Gasteiger partial charge in [0.05, 0.1) is 0 Å². The van der Waals surface area contributed by atoms with E-state index in [2.05, 4.69) is 59.8 Å². The summed E-state index contributed by atoms with van der Waals surface area (Å²) in [5.74, 6) is 5.31. The van der Waals surface area contributed by atoms with Gasteiger partial charge in [0.25, 0.3) is 0 Å². The van der Waals surface area contributed by atoms with Gasteiger partial charge in [-0.25, -0.2) is 0 Å². The molecule has 0 aliphatic heterocycles. The molecule has 3 saturated carbocycles. The standard InChI is InChI=1S/C45H78O2/c1-7-8-9-10-11-12-13-14-15-16-17-18-19-20-21-25-43(46)47-38-30-32-44(5)37(34-38)26-27-39-41-29-28-40(36(4)24-22-23-35(2)3)45(41,6)33-31-42(39)44/h14-15,26,35-36,38-42H,7-13,16-25,27-34H2,1-6H3/b15-14+/t36-,38?,39+,40-,41+,42+,44+,45-/m1/s1. The summed E-state index contributed by atoms with van der Waals surface area (Å²) in [5.41, 5.74) is 2.53. The van der Waals surface area contributed by atoms with Crippen molar-refractivity contribution >= 4 is 5.97 Å². The highest BCUT2D eigenvalue weighted by Crippen LogP contribution is 2.67. The van der Waals surface area contributed by atoms with Crippen LogP contribution in [0, 0.1) is 46.3 Å². The first kappa shape index (κ1) is 38.7. The van der Waals surface area contributed by atoms with Gasteiger partial charge in [0.2, 0.25) is 0 Å². The molecule has 4 aliphatic carbocycles. The predicted molar refractivity (Wildman–Crippen MR) is 202 cm³/mol. The number of rotatable bonds is 21. The van der Waals surface area contributed by atoms with E-state index in [1.165, 1.54) is 128 Å². The van der Waals surface area contributed by atoms with Crippen LogP contribution < -0.4 is 0 Å². The van der Waals surface area contributed by atoms with E-state index in [0.717, 1.165) is 61.2 Å². The van der Waals surface area contributed by atoms with Crippen LogP contribution in [0.2, 0.25) is 0 Å². The van der Waals surface area contributed by atoms with Gasteiger partial charge in [0.15, 0.2) is 0 Å². The van der Waals surface area contributed by atoms with E-state index < -0.39 is 0 Å². The molecular weight excluding hydrogens is 572 g/mol. The van der Waals surface area contributed by atoms with Gasteiger partial charge in [-0.05, 0) is 123 Å². The van der Waals surface area contributed by atoms with Crippen molar-refractivity contribution in [3.63, 3.8) is 0 Å². The third-order valence-electron chi connectivity index (χ3n) is 14.2. The molecule has 270 valence electrons. The number of hydrogen-bond acceptors (Lipinski definition) is 2. The van der Waals surface area contributed by atoms with Gasteiger partial charge in [0, 0.05) is 12.8 Å². The van der Waals surface area contributed by atoms with E-state index in [1.807, 2.05) is 0 Å². The zero-order valence-corrected chi connectivity index (χ0v) is 32.3. The zero-order chi connectivity index (χ0) is 33.7. The molecule has 1 unspecified atom stereocenters. The third kappa shape index (κ3) is 10.7. The van der Waals surface area contributed by atoms with Crippen molar-refractivity contribution in [3.8, 4) is 0 Å². The maximum absolute atomic E-state index is 12.8. The van der Waals surface area contributed by atoms with Gasteiger partial charge in [-0.2, -0.15) is 0 Å². The molecule has 0 spiro atoms. The largest absolute Gasteiger partial charge is 0.462 e. The van der Waals surface area contributed by atoms with Crippen molar-refractivity contribution in [1.29, 1.82) is 0 Å². The van der Waals surface area contributed by atoms with Crippen LogP contribution in [0.4, 0.5) is 0 Å². The maximum Gasteiger partial charge on any atom is 0.306 e. The molecule has 0 amide bonds. The van der Waals surface area contributed by atoms with Crippen LogP contribution in [0.5, 0.6) is 0 Å². The van der Waals surface area contributed by atoms with E-state index in [4.69, 9.17) is 4.74 Å². The minimum absolute atomic E-state index is 0.0541. The lowest BCUT2D eigenvalue weighted by atomic mass is 9.47. The topological polar surface area (TPSA) is 26.3 Å². The lowest BCUT2D eigenvalue weighted by Gasteiger charge is -2.58. The van der Waals surface area contributed by atoms with Gasteiger partial charge >= 0.3 is 5.97 Å². The summed E-state index contributed by atoms with van der Waals surface area (Å²) in [6, 6.07) is 0. The smallest absolute Gasteiger partial charge is 0.306 e. The average Bonchev–Trinajstić information content (AvgIpc) is 3.40. The second-order valence-electron chi connectivity index (χ2n) is 18.0. The van der Waals surface area contributed by atoms with E-state index in [0.29, 0.717) is 17.3 Å². The summed E-state index contributed by atoms with van der Waals surface area (Å²) < 4.78 is 6.12. The van der Waals surface area contributed by atoms with Crippen molar-refractivity contribution in [2.45, 2.75) is 208 Å². The first-order valence-electron chi connectivity index (χ1n) is 21.2. The Morgan fingerprint density at radius 2 is 1.49 bits per heavy atom. The quantitative estimate of drug-likeness (QED) is 0.0702. The molecule has 2 nitrogen and oxygen atoms in total. The van der Waals surface area contributed by atoms with Crippen molar-refractivity contribution in [3.05, 3.63) is 23.8 Å². The fraction of sp³-hybridized carbons (Fsp3) is 0.889. The summed E-state index contributed by atoms with van der Waals surface area (Å²) in [4.78, 5) is 12.8. The predicted octanol–water partition coefficient (Wildman–Crippen LogP) is 14.0. The monoisotopic (exact) mass is 651 g/mol. The lowest BCUT2D eigenvalue weighted by molar-refractivity contribution is -0.151.